The third-order valence-electron chi connectivity index (χ3n) is 4.49. The van der Waals surface area contributed by atoms with Gasteiger partial charge in [0.15, 0.2) is 0 Å². The van der Waals surface area contributed by atoms with Gasteiger partial charge in [-0.1, -0.05) is 13.8 Å². The molecule has 0 rings (SSSR count). The van der Waals surface area contributed by atoms with Crippen LogP contribution in [0, 0.1) is 10.8 Å². The number of hydrogen-bond donors (Lipinski definition) is 2. The van der Waals surface area contributed by atoms with E-state index >= 15 is 0 Å². The van der Waals surface area contributed by atoms with Crippen molar-refractivity contribution in [2.45, 2.75) is 72.8 Å². The van der Waals surface area contributed by atoms with Crippen LogP contribution in [-0.2, 0) is 28.6 Å². The molecule has 0 bridgehead atoms. The molecule has 28 heavy (non-hydrogen) atoms. The summed E-state index contributed by atoms with van der Waals surface area (Å²) in [5.74, 6) is -1.39. The number of aliphatic hydroxyl groups is 2. The SMILES string of the molecule is CCCC(=O)OCC(O)COC(=O)C(C)(CC)CC(C)(C)C(=O)OCCCO. The van der Waals surface area contributed by atoms with Crippen molar-refractivity contribution >= 4 is 17.9 Å². The Bertz CT molecular complexity index is 502. The summed E-state index contributed by atoms with van der Waals surface area (Å²) in [4.78, 5) is 36.2. The van der Waals surface area contributed by atoms with E-state index in [9.17, 15) is 19.5 Å². The molecular weight excluding hydrogens is 368 g/mol. The molecule has 8 nitrogen and oxygen atoms in total. The van der Waals surface area contributed by atoms with E-state index in [0.29, 0.717) is 19.3 Å². The number of aliphatic hydroxyl groups excluding tert-OH is 2. The van der Waals surface area contributed by atoms with E-state index in [1.807, 2.05) is 13.8 Å². The Kier molecular flexibility index (Phi) is 12.0. The topological polar surface area (TPSA) is 119 Å². The van der Waals surface area contributed by atoms with E-state index in [4.69, 9.17) is 19.3 Å². The second-order valence-electron chi connectivity index (χ2n) is 7.87. The van der Waals surface area contributed by atoms with E-state index in [0.717, 1.165) is 0 Å². The molecule has 0 aliphatic carbocycles. The lowest BCUT2D eigenvalue weighted by molar-refractivity contribution is -0.166. The Morgan fingerprint density at radius 1 is 0.964 bits per heavy atom. The summed E-state index contributed by atoms with van der Waals surface area (Å²) in [5.41, 5.74) is -1.87. The van der Waals surface area contributed by atoms with Gasteiger partial charge in [-0.15, -0.1) is 0 Å². The van der Waals surface area contributed by atoms with Crippen molar-refractivity contribution in [1.29, 1.82) is 0 Å². The van der Waals surface area contributed by atoms with Gasteiger partial charge in [-0.3, -0.25) is 14.4 Å². The summed E-state index contributed by atoms with van der Waals surface area (Å²) in [6.07, 6.45) is 0.800. The Hall–Kier alpha value is -1.67. The maximum absolute atomic E-state index is 12.6. The zero-order valence-electron chi connectivity index (χ0n) is 17.8. The maximum Gasteiger partial charge on any atom is 0.311 e. The van der Waals surface area contributed by atoms with Crippen LogP contribution in [0.5, 0.6) is 0 Å². The zero-order valence-corrected chi connectivity index (χ0v) is 17.8. The first-order chi connectivity index (χ1) is 13.0. The molecule has 0 aliphatic rings. The summed E-state index contributed by atoms with van der Waals surface area (Å²) in [7, 11) is 0. The minimum atomic E-state index is -1.11. The van der Waals surface area contributed by atoms with Crippen LogP contribution < -0.4 is 0 Å². The molecule has 0 heterocycles. The monoisotopic (exact) mass is 404 g/mol. The van der Waals surface area contributed by atoms with E-state index in [1.54, 1.807) is 20.8 Å². The molecule has 0 aliphatic heterocycles. The molecule has 0 spiro atoms. The van der Waals surface area contributed by atoms with Gasteiger partial charge in [0.2, 0.25) is 0 Å². The third kappa shape index (κ3) is 9.50. The number of rotatable bonds is 14. The number of carbonyl (C=O) groups excluding carboxylic acids is 3. The highest BCUT2D eigenvalue weighted by Crippen LogP contribution is 2.38. The van der Waals surface area contributed by atoms with Gasteiger partial charge in [0.1, 0.15) is 19.3 Å². The van der Waals surface area contributed by atoms with Crippen LogP contribution in [0.3, 0.4) is 0 Å². The average Bonchev–Trinajstić information content (AvgIpc) is 2.64. The second kappa shape index (κ2) is 12.7. The molecule has 0 amide bonds. The van der Waals surface area contributed by atoms with Crippen molar-refractivity contribution in [3.05, 3.63) is 0 Å². The molecule has 2 atom stereocenters. The van der Waals surface area contributed by atoms with Gasteiger partial charge >= 0.3 is 17.9 Å². The average molecular weight is 405 g/mol. The predicted octanol–water partition coefficient (Wildman–Crippen LogP) is 1.99. The molecular formula is C20H36O8. The first kappa shape index (κ1) is 26.3. The molecule has 0 fully saturated rings. The fraction of sp³-hybridized carbons (Fsp3) is 0.850. The highest BCUT2D eigenvalue weighted by molar-refractivity contribution is 5.80. The Morgan fingerprint density at radius 2 is 1.57 bits per heavy atom. The highest BCUT2D eigenvalue weighted by atomic mass is 16.6. The summed E-state index contributed by atoms with van der Waals surface area (Å²) in [6, 6.07) is 0. The van der Waals surface area contributed by atoms with Crippen LogP contribution in [0.25, 0.3) is 0 Å². The van der Waals surface area contributed by atoms with Crippen molar-refractivity contribution < 1.29 is 38.8 Å². The number of hydrogen-bond acceptors (Lipinski definition) is 8. The molecule has 0 radical (unpaired) electrons. The fourth-order valence-corrected chi connectivity index (χ4v) is 2.67. The summed E-state index contributed by atoms with van der Waals surface area (Å²) < 4.78 is 15.2. The molecule has 2 unspecified atom stereocenters. The van der Waals surface area contributed by atoms with Gasteiger partial charge in [0, 0.05) is 19.4 Å². The first-order valence-electron chi connectivity index (χ1n) is 9.81. The second-order valence-corrected chi connectivity index (χ2v) is 7.87. The molecule has 2 N–H and O–H groups in total. The van der Waals surface area contributed by atoms with Gasteiger partial charge < -0.3 is 24.4 Å². The number of carbonyl (C=O) groups is 3. The van der Waals surface area contributed by atoms with Crippen LogP contribution in [0.1, 0.15) is 66.7 Å². The summed E-state index contributed by atoms with van der Waals surface area (Å²) >= 11 is 0. The normalized spacial score (nSPS) is 14.7. The standard InChI is InChI=1S/C20H36O8/c1-6-9-16(23)27-12-15(22)13-28-18(25)20(5,7-2)14-19(3,4)17(24)26-11-8-10-21/h15,21-22H,6-14H2,1-5H3. The fourth-order valence-electron chi connectivity index (χ4n) is 2.67. The predicted molar refractivity (Wildman–Crippen MR) is 102 cm³/mol. The van der Waals surface area contributed by atoms with Crippen molar-refractivity contribution in [2.24, 2.45) is 10.8 Å². The molecule has 0 aromatic heterocycles. The Morgan fingerprint density at radius 3 is 2.11 bits per heavy atom. The molecule has 0 saturated heterocycles. The maximum atomic E-state index is 12.6. The smallest absolute Gasteiger partial charge is 0.311 e. The Balaban J connectivity index is 4.68. The van der Waals surface area contributed by atoms with Crippen LogP contribution in [0.2, 0.25) is 0 Å². The Labute approximate surface area is 167 Å². The van der Waals surface area contributed by atoms with Crippen molar-refractivity contribution in [2.75, 3.05) is 26.4 Å². The molecule has 164 valence electrons. The van der Waals surface area contributed by atoms with Gasteiger partial charge in [-0.2, -0.15) is 0 Å². The summed E-state index contributed by atoms with van der Waals surface area (Å²) in [6.45, 7) is 8.26. The summed E-state index contributed by atoms with van der Waals surface area (Å²) in [5, 5.41) is 18.6. The van der Waals surface area contributed by atoms with Crippen molar-refractivity contribution in [1.82, 2.24) is 0 Å². The molecule has 0 aromatic carbocycles. The lowest BCUT2D eigenvalue weighted by Crippen LogP contribution is -2.39. The van der Waals surface area contributed by atoms with Gasteiger partial charge in [-0.05, 0) is 40.0 Å². The molecule has 0 saturated carbocycles. The lowest BCUT2D eigenvalue weighted by atomic mass is 9.72. The van der Waals surface area contributed by atoms with Gasteiger partial charge in [0.05, 0.1) is 17.4 Å². The van der Waals surface area contributed by atoms with E-state index in [-0.39, 0.29) is 39.3 Å². The van der Waals surface area contributed by atoms with Gasteiger partial charge in [-0.25, -0.2) is 0 Å². The number of esters is 3. The number of ether oxygens (including phenoxy) is 3. The van der Waals surface area contributed by atoms with Crippen LogP contribution >= 0.6 is 0 Å². The van der Waals surface area contributed by atoms with E-state index in [1.165, 1.54) is 0 Å². The lowest BCUT2D eigenvalue weighted by Gasteiger charge is -2.33. The molecule has 8 heteroatoms. The van der Waals surface area contributed by atoms with Crippen LogP contribution in [-0.4, -0.2) is 60.7 Å². The largest absolute Gasteiger partial charge is 0.465 e. The first-order valence-corrected chi connectivity index (χ1v) is 9.81. The van der Waals surface area contributed by atoms with Crippen LogP contribution in [0.15, 0.2) is 0 Å². The highest BCUT2D eigenvalue weighted by Gasteiger charge is 2.43. The van der Waals surface area contributed by atoms with Crippen molar-refractivity contribution in [3.63, 3.8) is 0 Å². The van der Waals surface area contributed by atoms with Crippen LogP contribution in [0.4, 0.5) is 0 Å². The van der Waals surface area contributed by atoms with Gasteiger partial charge in [0.25, 0.3) is 0 Å². The quantitative estimate of drug-likeness (QED) is 0.256. The van der Waals surface area contributed by atoms with E-state index < -0.39 is 34.8 Å². The van der Waals surface area contributed by atoms with E-state index in [2.05, 4.69) is 0 Å². The third-order valence-corrected chi connectivity index (χ3v) is 4.49. The van der Waals surface area contributed by atoms with Crippen molar-refractivity contribution in [3.8, 4) is 0 Å². The minimum Gasteiger partial charge on any atom is -0.465 e. The molecule has 0 aromatic rings. The minimum absolute atomic E-state index is 0.0667. The zero-order chi connectivity index (χ0) is 21.8.